The standard InChI is InChI=1S/C15H17FN2O4/c1-9-14(10(2)22-18-9)15(20)17-7-12(19)8-21-13-5-3-11(16)4-6-13/h3-6,12,19H,7-8H2,1-2H3,(H,17,20)/t12-/m1/s1. The average Bonchev–Trinajstić information content (AvgIpc) is 2.83. The molecule has 1 heterocycles. The lowest BCUT2D eigenvalue weighted by molar-refractivity contribution is 0.0842. The molecule has 0 spiro atoms. The van der Waals surface area contributed by atoms with E-state index in [9.17, 15) is 14.3 Å². The molecule has 7 heteroatoms. The van der Waals surface area contributed by atoms with Crippen LogP contribution in [0.15, 0.2) is 28.8 Å². The molecule has 22 heavy (non-hydrogen) atoms. The maximum atomic E-state index is 12.7. The number of rotatable bonds is 6. The molecule has 6 nitrogen and oxygen atoms in total. The van der Waals surface area contributed by atoms with Crippen LogP contribution in [0, 0.1) is 19.7 Å². The van der Waals surface area contributed by atoms with Gasteiger partial charge in [-0.2, -0.15) is 0 Å². The van der Waals surface area contributed by atoms with Crippen molar-refractivity contribution in [2.45, 2.75) is 20.0 Å². The van der Waals surface area contributed by atoms with Crippen molar-refractivity contribution in [3.05, 3.63) is 47.1 Å². The Labute approximate surface area is 126 Å². The normalized spacial score (nSPS) is 12.0. The molecule has 0 saturated carbocycles. The van der Waals surface area contributed by atoms with Gasteiger partial charge in [0.25, 0.3) is 5.91 Å². The van der Waals surface area contributed by atoms with E-state index in [0.717, 1.165) is 0 Å². The highest BCUT2D eigenvalue weighted by molar-refractivity contribution is 5.96. The Morgan fingerprint density at radius 2 is 2.09 bits per heavy atom. The molecule has 0 saturated heterocycles. The zero-order chi connectivity index (χ0) is 16.1. The van der Waals surface area contributed by atoms with Crippen molar-refractivity contribution in [3.8, 4) is 5.75 Å². The summed E-state index contributed by atoms with van der Waals surface area (Å²) in [6, 6.07) is 5.46. The highest BCUT2D eigenvalue weighted by atomic mass is 19.1. The summed E-state index contributed by atoms with van der Waals surface area (Å²) in [6.45, 7) is 3.31. The number of ether oxygens (including phenoxy) is 1. The van der Waals surface area contributed by atoms with Gasteiger partial charge in [0, 0.05) is 6.54 Å². The molecule has 0 fully saturated rings. The van der Waals surface area contributed by atoms with Gasteiger partial charge in [-0.15, -0.1) is 0 Å². The molecule has 1 atom stereocenters. The molecule has 2 aromatic rings. The number of aryl methyl sites for hydroxylation is 2. The molecule has 118 valence electrons. The van der Waals surface area contributed by atoms with Crippen LogP contribution in [0.4, 0.5) is 4.39 Å². The third-order valence-corrected chi connectivity index (χ3v) is 3.01. The lowest BCUT2D eigenvalue weighted by Crippen LogP contribution is -2.35. The third kappa shape index (κ3) is 4.05. The van der Waals surface area contributed by atoms with Crippen LogP contribution in [0.25, 0.3) is 0 Å². The molecular weight excluding hydrogens is 291 g/mol. The van der Waals surface area contributed by atoms with Crippen LogP contribution in [0.5, 0.6) is 5.75 Å². The first-order chi connectivity index (χ1) is 10.5. The largest absolute Gasteiger partial charge is 0.491 e. The first-order valence-electron chi connectivity index (χ1n) is 6.75. The maximum absolute atomic E-state index is 12.7. The molecule has 2 rings (SSSR count). The van der Waals surface area contributed by atoms with Gasteiger partial charge in [-0.1, -0.05) is 5.16 Å². The van der Waals surface area contributed by atoms with Crippen LogP contribution in [-0.2, 0) is 0 Å². The van der Waals surface area contributed by atoms with Gasteiger partial charge in [-0.25, -0.2) is 4.39 Å². The predicted molar refractivity (Wildman–Crippen MR) is 76.2 cm³/mol. The Hall–Kier alpha value is -2.41. The number of hydrogen-bond donors (Lipinski definition) is 2. The van der Waals surface area contributed by atoms with E-state index in [4.69, 9.17) is 9.26 Å². The first kappa shape index (κ1) is 16.0. The number of aliphatic hydroxyl groups excluding tert-OH is 1. The molecule has 0 aliphatic heterocycles. The van der Waals surface area contributed by atoms with Crippen LogP contribution in [0.1, 0.15) is 21.8 Å². The van der Waals surface area contributed by atoms with Crippen molar-refractivity contribution in [1.29, 1.82) is 0 Å². The number of aliphatic hydroxyl groups is 1. The lowest BCUT2D eigenvalue weighted by Gasteiger charge is -2.13. The average molecular weight is 308 g/mol. The molecule has 0 aliphatic carbocycles. The Morgan fingerprint density at radius 3 is 2.68 bits per heavy atom. The summed E-state index contributed by atoms with van der Waals surface area (Å²) >= 11 is 0. The quantitative estimate of drug-likeness (QED) is 0.847. The van der Waals surface area contributed by atoms with Gasteiger partial charge in [-0.05, 0) is 38.1 Å². The van der Waals surface area contributed by atoms with Crippen molar-refractivity contribution in [2.75, 3.05) is 13.2 Å². The topological polar surface area (TPSA) is 84.6 Å². The number of nitrogens with one attached hydrogen (secondary N) is 1. The number of benzene rings is 1. The van der Waals surface area contributed by atoms with Gasteiger partial charge in [-0.3, -0.25) is 4.79 Å². The van der Waals surface area contributed by atoms with E-state index in [2.05, 4.69) is 10.5 Å². The fourth-order valence-corrected chi connectivity index (χ4v) is 1.89. The predicted octanol–water partition coefficient (Wildman–Crippen LogP) is 1.60. The molecule has 0 unspecified atom stereocenters. The van der Waals surface area contributed by atoms with E-state index in [0.29, 0.717) is 22.8 Å². The van der Waals surface area contributed by atoms with E-state index in [1.807, 2.05) is 0 Å². The molecule has 0 radical (unpaired) electrons. The third-order valence-electron chi connectivity index (χ3n) is 3.01. The van der Waals surface area contributed by atoms with E-state index in [1.165, 1.54) is 24.3 Å². The second kappa shape index (κ2) is 7.04. The number of halogens is 1. The van der Waals surface area contributed by atoms with E-state index in [1.54, 1.807) is 13.8 Å². The Balaban J connectivity index is 1.79. The van der Waals surface area contributed by atoms with Crippen LogP contribution >= 0.6 is 0 Å². The van der Waals surface area contributed by atoms with Crippen molar-refractivity contribution in [2.24, 2.45) is 0 Å². The second-order valence-corrected chi connectivity index (χ2v) is 4.83. The summed E-state index contributed by atoms with van der Waals surface area (Å²) in [4.78, 5) is 12.0. The van der Waals surface area contributed by atoms with Crippen molar-refractivity contribution >= 4 is 5.91 Å². The molecule has 2 N–H and O–H groups in total. The van der Waals surface area contributed by atoms with Crippen molar-refractivity contribution in [3.63, 3.8) is 0 Å². The number of amides is 1. The van der Waals surface area contributed by atoms with Gasteiger partial charge in [0.2, 0.25) is 0 Å². The summed E-state index contributed by atoms with van der Waals surface area (Å²) in [6.07, 6.45) is -0.894. The van der Waals surface area contributed by atoms with Crippen LogP contribution in [0.3, 0.4) is 0 Å². The highest BCUT2D eigenvalue weighted by Gasteiger charge is 2.18. The van der Waals surface area contributed by atoms with E-state index in [-0.39, 0.29) is 24.9 Å². The summed E-state index contributed by atoms with van der Waals surface area (Å²) in [5.41, 5.74) is 0.860. The second-order valence-electron chi connectivity index (χ2n) is 4.83. The molecular formula is C15H17FN2O4. The minimum atomic E-state index is -0.894. The SMILES string of the molecule is Cc1noc(C)c1C(=O)NC[C@@H](O)COc1ccc(F)cc1. The first-order valence-corrected chi connectivity index (χ1v) is 6.75. The van der Waals surface area contributed by atoms with Gasteiger partial charge < -0.3 is 19.7 Å². The monoisotopic (exact) mass is 308 g/mol. The Morgan fingerprint density at radius 1 is 1.41 bits per heavy atom. The van der Waals surface area contributed by atoms with E-state index >= 15 is 0 Å². The number of nitrogens with zero attached hydrogens (tertiary/aromatic N) is 1. The Kier molecular flexibility index (Phi) is 5.11. The van der Waals surface area contributed by atoms with Crippen molar-refractivity contribution in [1.82, 2.24) is 10.5 Å². The summed E-state index contributed by atoms with van der Waals surface area (Å²) < 4.78 is 22.9. The van der Waals surface area contributed by atoms with Gasteiger partial charge in [0.05, 0.1) is 5.69 Å². The summed E-state index contributed by atoms with van der Waals surface area (Å²) in [5, 5.41) is 16.1. The van der Waals surface area contributed by atoms with Crippen LogP contribution in [-0.4, -0.2) is 35.4 Å². The van der Waals surface area contributed by atoms with Gasteiger partial charge in [0.15, 0.2) is 0 Å². The molecule has 1 aromatic heterocycles. The highest BCUT2D eigenvalue weighted by Crippen LogP contribution is 2.12. The lowest BCUT2D eigenvalue weighted by atomic mass is 10.2. The molecule has 0 bridgehead atoms. The minimum Gasteiger partial charge on any atom is -0.491 e. The molecule has 1 amide bonds. The van der Waals surface area contributed by atoms with Gasteiger partial charge >= 0.3 is 0 Å². The number of carbonyl (C=O) groups is 1. The molecule has 1 aromatic carbocycles. The number of aromatic nitrogens is 1. The Bertz CT molecular complexity index is 620. The molecule has 0 aliphatic rings. The fourth-order valence-electron chi connectivity index (χ4n) is 1.89. The summed E-state index contributed by atoms with van der Waals surface area (Å²) in [7, 11) is 0. The fraction of sp³-hybridized carbons (Fsp3) is 0.333. The summed E-state index contributed by atoms with van der Waals surface area (Å²) in [5.74, 6) is 0.140. The van der Waals surface area contributed by atoms with Crippen LogP contribution < -0.4 is 10.1 Å². The number of carbonyl (C=O) groups excluding carboxylic acids is 1. The minimum absolute atomic E-state index is 0.0179. The zero-order valence-electron chi connectivity index (χ0n) is 12.3. The van der Waals surface area contributed by atoms with E-state index < -0.39 is 6.10 Å². The smallest absolute Gasteiger partial charge is 0.256 e. The zero-order valence-corrected chi connectivity index (χ0v) is 12.3. The van der Waals surface area contributed by atoms with Crippen molar-refractivity contribution < 1.29 is 23.6 Å². The number of hydrogen-bond acceptors (Lipinski definition) is 5. The van der Waals surface area contributed by atoms with Gasteiger partial charge in [0.1, 0.15) is 35.6 Å². The maximum Gasteiger partial charge on any atom is 0.256 e. The van der Waals surface area contributed by atoms with Crippen LogP contribution in [0.2, 0.25) is 0 Å².